The van der Waals surface area contributed by atoms with Gasteiger partial charge in [0.2, 0.25) is 6.79 Å². The molecule has 3 rings (SSSR count). The summed E-state index contributed by atoms with van der Waals surface area (Å²) in [6, 6.07) is 2.48. The number of carbonyl (C=O) groups excluding carboxylic acids is 3. The van der Waals surface area contributed by atoms with Crippen LogP contribution in [0.2, 0.25) is 0 Å². The quantitative estimate of drug-likeness (QED) is 0.586. The molecule has 2 N–H and O–H groups in total. The average molecular weight is 339 g/mol. The van der Waals surface area contributed by atoms with Crippen LogP contribution < -0.4 is 20.1 Å². The highest BCUT2D eigenvalue weighted by Gasteiger charge is 2.28. The predicted molar refractivity (Wildman–Crippen MR) is 69.9 cm³/mol. The molecule has 2 heterocycles. The molecular weight excluding hydrogens is 332 g/mol. The Morgan fingerprint density at radius 1 is 1.05 bits per heavy atom. The summed E-state index contributed by atoms with van der Waals surface area (Å²) >= 11 is 3.32. The number of amides is 4. The van der Waals surface area contributed by atoms with Crippen LogP contribution in [0.25, 0.3) is 6.08 Å². The van der Waals surface area contributed by atoms with Crippen molar-refractivity contribution in [2.75, 3.05) is 6.79 Å². The number of ether oxygens (including phenoxy) is 2. The first-order chi connectivity index (χ1) is 9.54. The third kappa shape index (κ3) is 2.14. The summed E-state index contributed by atoms with van der Waals surface area (Å²) in [6.45, 7) is 0.122. The van der Waals surface area contributed by atoms with Crippen molar-refractivity contribution >= 4 is 39.9 Å². The van der Waals surface area contributed by atoms with E-state index in [1.54, 1.807) is 12.1 Å². The molecule has 8 heteroatoms. The number of carbonyl (C=O) groups is 3. The molecule has 2 aliphatic rings. The highest BCUT2D eigenvalue weighted by molar-refractivity contribution is 9.10. The predicted octanol–water partition coefficient (Wildman–Crippen LogP) is 0.927. The normalized spacial score (nSPS) is 16.9. The van der Waals surface area contributed by atoms with Gasteiger partial charge in [0.15, 0.2) is 11.5 Å². The summed E-state index contributed by atoms with van der Waals surface area (Å²) in [5.41, 5.74) is 0.396. The molecule has 0 radical (unpaired) electrons. The van der Waals surface area contributed by atoms with E-state index in [1.807, 2.05) is 10.6 Å². The van der Waals surface area contributed by atoms with Crippen LogP contribution in [0.4, 0.5) is 4.79 Å². The van der Waals surface area contributed by atoms with Crippen molar-refractivity contribution in [2.45, 2.75) is 0 Å². The fraction of sp³-hybridized carbons (Fsp3) is 0.0833. The van der Waals surface area contributed by atoms with Crippen LogP contribution in [-0.2, 0) is 9.59 Å². The standard InChI is InChI=1S/C12H7BrN2O5/c13-7-3-9-8(19-4-20-9)2-5(7)1-6-10(16)14-12(18)15-11(6)17/h1-3H,4H2,(H2,14,15,16,17,18). The molecule has 0 spiro atoms. The number of urea groups is 1. The largest absolute Gasteiger partial charge is 0.454 e. The molecule has 0 aliphatic carbocycles. The van der Waals surface area contributed by atoms with Crippen LogP contribution in [0.1, 0.15) is 5.56 Å². The lowest BCUT2D eigenvalue weighted by Crippen LogP contribution is -2.51. The first kappa shape index (κ1) is 12.7. The SMILES string of the molecule is O=C1NC(=O)C(=Cc2cc3c(cc2Br)OCO3)C(=O)N1. The van der Waals surface area contributed by atoms with Gasteiger partial charge in [-0.25, -0.2) is 4.79 Å². The highest BCUT2D eigenvalue weighted by Crippen LogP contribution is 2.37. The number of halogens is 1. The lowest BCUT2D eigenvalue weighted by molar-refractivity contribution is -0.123. The van der Waals surface area contributed by atoms with Gasteiger partial charge in [-0.15, -0.1) is 0 Å². The number of rotatable bonds is 1. The zero-order chi connectivity index (χ0) is 14.3. The minimum Gasteiger partial charge on any atom is -0.454 e. The Morgan fingerprint density at radius 2 is 1.65 bits per heavy atom. The van der Waals surface area contributed by atoms with Crippen LogP contribution in [-0.4, -0.2) is 24.6 Å². The van der Waals surface area contributed by atoms with E-state index in [0.29, 0.717) is 21.5 Å². The first-order valence-corrected chi connectivity index (χ1v) is 6.31. The Hall–Kier alpha value is -2.35. The Labute approximate surface area is 121 Å². The zero-order valence-corrected chi connectivity index (χ0v) is 11.4. The number of hydrogen-bond donors (Lipinski definition) is 2. The van der Waals surface area contributed by atoms with E-state index in [9.17, 15) is 14.4 Å². The summed E-state index contributed by atoms with van der Waals surface area (Å²) in [4.78, 5) is 34.2. The minimum absolute atomic E-state index is 0.122. The zero-order valence-electron chi connectivity index (χ0n) is 9.86. The number of barbiturate groups is 1. The Balaban J connectivity index is 2.01. The molecule has 0 unspecified atom stereocenters. The van der Waals surface area contributed by atoms with Crippen molar-refractivity contribution in [3.63, 3.8) is 0 Å². The fourth-order valence-corrected chi connectivity index (χ4v) is 2.24. The van der Waals surface area contributed by atoms with Crippen molar-refractivity contribution in [1.29, 1.82) is 0 Å². The van der Waals surface area contributed by atoms with Gasteiger partial charge in [0.1, 0.15) is 5.57 Å². The van der Waals surface area contributed by atoms with Gasteiger partial charge in [-0.2, -0.15) is 0 Å². The lowest BCUT2D eigenvalue weighted by Gasteiger charge is -2.14. The third-order valence-electron chi connectivity index (χ3n) is 2.74. The molecule has 1 aromatic carbocycles. The first-order valence-electron chi connectivity index (χ1n) is 5.52. The van der Waals surface area contributed by atoms with Gasteiger partial charge in [0, 0.05) is 4.47 Å². The number of benzene rings is 1. The number of imide groups is 2. The van der Waals surface area contributed by atoms with Crippen LogP contribution in [0.15, 0.2) is 22.2 Å². The molecule has 1 fully saturated rings. The van der Waals surface area contributed by atoms with Gasteiger partial charge >= 0.3 is 6.03 Å². The molecule has 7 nitrogen and oxygen atoms in total. The maximum atomic E-state index is 11.6. The van der Waals surface area contributed by atoms with E-state index in [1.165, 1.54) is 6.08 Å². The number of hydrogen-bond acceptors (Lipinski definition) is 5. The molecule has 0 saturated carbocycles. The monoisotopic (exact) mass is 338 g/mol. The number of nitrogens with one attached hydrogen (secondary N) is 2. The molecule has 2 aliphatic heterocycles. The van der Waals surface area contributed by atoms with Crippen LogP contribution in [0, 0.1) is 0 Å². The highest BCUT2D eigenvalue weighted by atomic mass is 79.9. The summed E-state index contributed by atoms with van der Waals surface area (Å²) in [5, 5.41) is 4.00. The van der Waals surface area contributed by atoms with Gasteiger partial charge < -0.3 is 9.47 Å². The molecule has 0 aromatic heterocycles. The summed E-state index contributed by atoms with van der Waals surface area (Å²) in [7, 11) is 0. The number of fused-ring (bicyclic) bond motifs is 1. The van der Waals surface area contributed by atoms with Crippen LogP contribution in [0.5, 0.6) is 11.5 Å². The van der Waals surface area contributed by atoms with E-state index in [-0.39, 0.29) is 12.4 Å². The van der Waals surface area contributed by atoms with E-state index in [2.05, 4.69) is 15.9 Å². The molecular formula is C12H7BrN2O5. The van der Waals surface area contributed by atoms with Crippen LogP contribution >= 0.6 is 15.9 Å². The van der Waals surface area contributed by atoms with Crippen molar-refractivity contribution in [3.05, 3.63) is 27.7 Å². The molecule has 0 atom stereocenters. The second-order valence-electron chi connectivity index (χ2n) is 4.02. The van der Waals surface area contributed by atoms with E-state index >= 15 is 0 Å². The minimum atomic E-state index is -0.832. The Bertz CT molecular complexity index is 661. The molecule has 20 heavy (non-hydrogen) atoms. The van der Waals surface area contributed by atoms with Gasteiger partial charge in [-0.3, -0.25) is 20.2 Å². The van der Waals surface area contributed by atoms with Crippen molar-refractivity contribution < 1.29 is 23.9 Å². The van der Waals surface area contributed by atoms with Gasteiger partial charge in [-0.05, 0) is 23.8 Å². The Morgan fingerprint density at radius 3 is 2.30 bits per heavy atom. The van der Waals surface area contributed by atoms with Crippen molar-refractivity contribution in [3.8, 4) is 11.5 Å². The lowest BCUT2D eigenvalue weighted by atomic mass is 10.1. The van der Waals surface area contributed by atoms with Crippen molar-refractivity contribution in [1.82, 2.24) is 10.6 Å². The molecule has 4 amide bonds. The van der Waals surface area contributed by atoms with E-state index < -0.39 is 17.8 Å². The summed E-state index contributed by atoms with van der Waals surface area (Å²) in [6.07, 6.45) is 1.36. The van der Waals surface area contributed by atoms with Crippen molar-refractivity contribution in [2.24, 2.45) is 0 Å². The molecule has 102 valence electrons. The van der Waals surface area contributed by atoms with E-state index in [4.69, 9.17) is 9.47 Å². The summed E-state index contributed by atoms with van der Waals surface area (Å²) < 4.78 is 11.1. The maximum absolute atomic E-state index is 11.6. The maximum Gasteiger partial charge on any atom is 0.328 e. The second-order valence-corrected chi connectivity index (χ2v) is 4.88. The molecule has 0 bridgehead atoms. The summed E-state index contributed by atoms with van der Waals surface area (Å²) in [5.74, 6) is -0.397. The topological polar surface area (TPSA) is 93.7 Å². The average Bonchev–Trinajstić information content (AvgIpc) is 2.80. The fourth-order valence-electron chi connectivity index (χ4n) is 1.81. The smallest absolute Gasteiger partial charge is 0.328 e. The van der Waals surface area contributed by atoms with Gasteiger partial charge in [0.25, 0.3) is 11.8 Å². The third-order valence-corrected chi connectivity index (χ3v) is 3.42. The second kappa shape index (κ2) is 4.64. The molecule has 1 aromatic rings. The van der Waals surface area contributed by atoms with E-state index in [0.717, 1.165) is 0 Å². The van der Waals surface area contributed by atoms with Gasteiger partial charge in [-0.1, -0.05) is 15.9 Å². The molecule has 1 saturated heterocycles. The van der Waals surface area contributed by atoms with Crippen LogP contribution in [0.3, 0.4) is 0 Å². The van der Waals surface area contributed by atoms with Gasteiger partial charge in [0.05, 0.1) is 0 Å². The Kier molecular flexibility index (Phi) is 2.94.